The van der Waals surface area contributed by atoms with Crippen LogP contribution in [0.25, 0.3) is 22.6 Å². The van der Waals surface area contributed by atoms with E-state index >= 15 is 0 Å². The molecule has 6 atom stereocenters. The van der Waals surface area contributed by atoms with E-state index in [-0.39, 0.29) is 30.5 Å². The van der Waals surface area contributed by atoms with Gasteiger partial charge in [-0.2, -0.15) is 0 Å². The average Bonchev–Trinajstić information content (AvgIpc) is 3.30. The number of rotatable bonds is 7. The van der Waals surface area contributed by atoms with Crippen molar-refractivity contribution in [3.05, 3.63) is 66.1 Å². The van der Waals surface area contributed by atoms with Crippen molar-refractivity contribution >= 4 is 0 Å². The van der Waals surface area contributed by atoms with Crippen molar-refractivity contribution < 1.29 is 23.7 Å². The maximum absolute atomic E-state index is 6.44. The zero-order chi connectivity index (χ0) is 24.4. The molecule has 8 nitrogen and oxygen atoms in total. The summed E-state index contributed by atoms with van der Waals surface area (Å²) in [6.07, 6.45) is 5.30. The lowest BCUT2D eigenvalue weighted by atomic mass is 9.99. The first-order chi connectivity index (χ1) is 17.1. The predicted molar refractivity (Wildman–Crippen MR) is 130 cm³/mol. The molecule has 0 saturated carbocycles. The van der Waals surface area contributed by atoms with Crippen LogP contribution in [0.4, 0.5) is 0 Å². The van der Waals surface area contributed by atoms with E-state index in [1.54, 1.807) is 39.9 Å². The summed E-state index contributed by atoms with van der Waals surface area (Å²) in [5.41, 5.74) is 5.35. The van der Waals surface area contributed by atoms with Gasteiger partial charge in [-0.3, -0.25) is 4.98 Å². The highest BCUT2D eigenvalue weighted by Gasteiger charge is 2.47. The molecule has 0 spiro atoms. The summed E-state index contributed by atoms with van der Waals surface area (Å²) in [4.78, 5) is 13.4. The standard InChI is InChI=1S/C27H31N3O5/c1-16-23(31-2)24(32-3)25(33-4)27(34-16)35-21-13-17-7-8-18(12-20(17)14-21)22-9-11-29-26(30-22)19-6-5-10-28-15-19/h5-12,15-16,21,23-25,27H,13-14H2,1-4H3/t16-,21?,23-,24-,25-,27-/m0/s1. The number of aromatic nitrogens is 3. The van der Waals surface area contributed by atoms with Crippen LogP contribution in [0.1, 0.15) is 18.1 Å². The smallest absolute Gasteiger partial charge is 0.187 e. The summed E-state index contributed by atoms with van der Waals surface area (Å²) in [6, 6.07) is 12.2. The Kier molecular flexibility index (Phi) is 7.17. The van der Waals surface area contributed by atoms with E-state index < -0.39 is 6.29 Å². The highest BCUT2D eigenvalue weighted by molar-refractivity contribution is 5.64. The molecule has 2 aromatic heterocycles. The lowest BCUT2D eigenvalue weighted by Gasteiger charge is -2.44. The predicted octanol–water partition coefficient (Wildman–Crippen LogP) is 3.48. The van der Waals surface area contributed by atoms with Crippen LogP contribution in [-0.2, 0) is 36.5 Å². The Hall–Kier alpha value is -2.75. The number of pyridine rings is 1. The molecule has 35 heavy (non-hydrogen) atoms. The minimum atomic E-state index is -0.533. The zero-order valence-electron chi connectivity index (χ0n) is 20.5. The normalized spacial score (nSPS) is 28.1. The molecule has 0 amide bonds. The maximum Gasteiger partial charge on any atom is 0.187 e. The maximum atomic E-state index is 6.44. The second-order valence-corrected chi connectivity index (χ2v) is 8.97. The molecule has 5 rings (SSSR count). The van der Waals surface area contributed by atoms with Gasteiger partial charge in [0.1, 0.15) is 18.3 Å². The molecule has 1 aliphatic heterocycles. The van der Waals surface area contributed by atoms with Crippen LogP contribution in [0.15, 0.2) is 55.0 Å². The van der Waals surface area contributed by atoms with E-state index in [1.165, 1.54) is 11.1 Å². The minimum absolute atomic E-state index is 0.0111. The molecule has 0 radical (unpaired) electrons. The van der Waals surface area contributed by atoms with Crippen LogP contribution in [0.3, 0.4) is 0 Å². The van der Waals surface area contributed by atoms with Crippen molar-refractivity contribution in [1.82, 2.24) is 15.0 Å². The van der Waals surface area contributed by atoms with E-state index in [0.717, 1.165) is 29.7 Å². The quantitative estimate of drug-likeness (QED) is 0.511. The van der Waals surface area contributed by atoms with Gasteiger partial charge in [-0.15, -0.1) is 0 Å². The van der Waals surface area contributed by atoms with E-state index in [1.807, 2.05) is 25.1 Å². The van der Waals surface area contributed by atoms with Crippen LogP contribution in [-0.4, -0.2) is 73.1 Å². The fraction of sp³-hybridized carbons (Fsp3) is 0.444. The molecular weight excluding hydrogens is 446 g/mol. The summed E-state index contributed by atoms with van der Waals surface area (Å²) in [5, 5.41) is 0. The Balaban J connectivity index is 1.31. The van der Waals surface area contributed by atoms with Gasteiger partial charge in [0.05, 0.1) is 17.9 Å². The van der Waals surface area contributed by atoms with Gasteiger partial charge in [-0.1, -0.05) is 12.1 Å². The van der Waals surface area contributed by atoms with Gasteiger partial charge >= 0.3 is 0 Å². The highest BCUT2D eigenvalue weighted by Crippen LogP contribution is 2.33. The third-order valence-corrected chi connectivity index (χ3v) is 6.84. The summed E-state index contributed by atoms with van der Waals surface area (Å²) in [5.74, 6) is 0.661. The van der Waals surface area contributed by atoms with E-state index in [9.17, 15) is 0 Å². The Morgan fingerprint density at radius 3 is 2.40 bits per heavy atom. The van der Waals surface area contributed by atoms with Crippen molar-refractivity contribution in [2.24, 2.45) is 0 Å². The molecule has 184 valence electrons. The largest absolute Gasteiger partial charge is 0.376 e. The number of nitrogens with zero attached hydrogens (tertiary/aromatic N) is 3. The Morgan fingerprint density at radius 2 is 1.66 bits per heavy atom. The van der Waals surface area contributed by atoms with Crippen LogP contribution in [0, 0.1) is 0 Å². The number of hydrogen-bond acceptors (Lipinski definition) is 8. The van der Waals surface area contributed by atoms with Gasteiger partial charge in [0.15, 0.2) is 12.1 Å². The van der Waals surface area contributed by atoms with Crippen LogP contribution >= 0.6 is 0 Å². The van der Waals surface area contributed by atoms with Gasteiger partial charge in [-0.25, -0.2) is 9.97 Å². The molecule has 1 aromatic carbocycles. The fourth-order valence-electron chi connectivity index (χ4n) is 5.10. The van der Waals surface area contributed by atoms with Crippen molar-refractivity contribution in [2.45, 2.75) is 56.6 Å². The van der Waals surface area contributed by atoms with Crippen LogP contribution < -0.4 is 0 Å². The molecule has 8 heteroatoms. The van der Waals surface area contributed by atoms with E-state index in [4.69, 9.17) is 28.7 Å². The van der Waals surface area contributed by atoms with Gasteiger partial charge in [0.2, 0.25) is 0 Å². The molecular formula is C27H31N3O5. The van der Waals surface area contributed by atoms with Crippen molar-refractivity contribution in [2.75, 3.05) is 21.3 Å². The number of benzene rings is 1. The monoisotopic (exact) mass is 477 g/mol. The summed E-state index contributed by atoms with van der Waals surface area (Å²) in [7, 11) is 4.97. The summed E-state index contributed by atoms with van der Waals surface area (Å²) < 4.78 is 29.6. The highest BCUT2D eigenvalue weighted by atomic mass is 16.7. The Bertz CT molecular complexity index is 1140. The van der Waals surface area contributed by atoms with Crippen LogP contribution in [0.5, 0.6) is 0 Å². The summed E-state index contributed by atoms with van der Waals surface area (Å²) >= 11 is 0. The SMILES string of the molecule is CO[C@@H]1[C@H](OC)[C@H](OC2Cc3ccc(-c4ccnc(-c5cccnc5)n4)cc3C2)O[C@@H](C)[C@@H]1OC. The molecule has 1 unspecified atom stereocenters. The lowest BCUT2D eigenvalue weighted by Crippen LogP contribution is -2.59. The van der Waals surface area contributed by atoms with Crippen molar-refractivity contribution in [3.8, 4) is 22.6 Å². The number of fused-ring (bicyclic) bond motifs is 1. The number of methoxy groups -OCH3 is 3. The van der Waals surface area contributed by atoms with E-state index in [2.05, 4.69) is 28.2 Å². The average molecular weight is 478 g/mol. The van der Waals surface area contributed by atoms with Gasteiger partial charge in [0.25, 0.3) is 0 Å². The first-order valence-corrected chi connectivity index (χ1v) is 11.9. The lowest BCUT2D eigenvalue weighted by molar-refractivity contribution is -0.314. The minimum Gasteiger partial charge on any atom is -0.376 e. The molecule has 1 aliphatic carbocycles. The van der Waals surface area contributed by atoms with Crippen molar-refractivity contribution in [3.63, 3.8) is 0 Å². The number of hydrogen-bond donors (Lipinski definition) is 0. The van der Waals surface area contributed by atoms with Gasteiger partial charge in [-0.05, 0) is 55.2 Å². The molecule has 0 N–H and O–H groups in total. The third-order valence-electron chi connectivity index (χ3n) is 6.84. The van der Waals surface area contributed by atoms with Gasteiger partial charge in [0, 0.05) is 51.0 Å². The Morgan fingerprint density at radius 1 is 0.857 bits per heavy atom. The first kappa shape index (κ1) is 24.0. The second kappa shape index (κ2) is 10.5. The zero-order valence-corrected chi connectivity index (χ0v) is 20.5. The Labute approximate surface area is 205 Å². The second-order valence-electron chi connectivity index (χ2n) is 8.97. The molecule has 3 heterocycles. The topological polar surface area (TPSA) is 84.8 Å². The van der Waals surface area contributed by atoms with Gasteiger partial charge < -0.3 is 23.7 Å². The molecule has 2 aliphatic rings. The molecule has 0 bridgehead atoms. The molecule has 1 fully saturated rings. The summed E-state index contributed by atoms with van der Waals surface area (Å²) in [6.45, 7) is 1.97. The van der Waals surface area contributed by atoms with E-state index in [0.29, 0.717) is 5.82 Å². The number of ether oxygens (including phenoxy) is 5. The third kappa shape index (κ3) is 4.85. The van der Waals surface area contributed by atoms with Crippen molar-refractivity contribution in [1.29, 1.82) is 0 Å². The molecule has 3 aromatic rings. The van der Waals surface area contributed by atoms with Crippen LogP contribution in [0.2, 0.25) is 0 Å². The molecule has 1 saturated heterocycles. The fourth-order valence-corrected chi connectivity index (χ4v) is 5.10. The first-order valence-electron chi connectivity index (χ1n) is 11.9.